The molecule has 3 aromatic carbocycles. The maximum atomic E-state index is 14.5. The number of benzene rings is 3. The Kier molecular flexibility index (Phi) is 5.16. The summed E-state index contributed by atoms with van der Waals surface area (Å²) in [5.74, 6) is 13.0. The first kappa shape index (κ1) is 25.6. The molecule has 0 saturated heterocycles. The third-order valence-electron chi connectivity index (χ3n) is 10.4. The summed E-state index contributed by atoms with van der Waals surface area (Å²) in [5, 5.41) is 18.4. The Hall–Kier alpha value is -5.14. The average molecular weight is 569 g/mol. The molecule has 3 aromatic rings. The number of anilines is 2. The number of phenolic OH excluding ortho intramolecular Hbond substituents is 1. The number of para-hydroxylation sites is 1. The molecule has 7 heteroatoms. The molecule has 2 saturated carbocycles. The normalized spacial score (nSPS) is 28.4. The second-order valence-electron chi connectivity index (χ2n) is 11.9. The van der Waals surface area contributed by atoms with Crippen LogP contribution in [0.15, 0.2) is 54.6 Å². The molecular weight excluding hydrogens is 540 g/mol. The summed E-state index contributed by atoms with van der Waals surface area (Å²) >= 11 is 0. The van der Waals surface area contributed by atoms with Crippen molar-refractivity contribution in [3.63, 3.8) is 0 Å². The number of fused-ring (bicyclic) bond motifs is 5. The number of nitrogens with one attached hydrogen (secondary N) is 2. The third-order valence-corrected chi connectivity index (χ3v) is 10.4. The van der Waals surface area contributed by atoms with Crippen LogP contribution in [0.3, 0.4) is 0 Å². The molecule has 4 aliphatic carbocycles. The first-order valence-corrected chi connectivity index (χ1v) is 14.4. The van der Waals surface area contributed by atoms with Gasteiger partial charge in [0.1, 0.15) is 17.2 Å². The molecule has 2 fully saturated rings. The van der Waals surface area contributed by atoms with Crippen molar-refractivity contribution in [3.05, 3.63) is 88.0 Å². The van der Waals surface area contributed by atoms with Gasteiger partial charge in [0.05, 0.1) is 48.2 Å². The highest BCUT2D eigenvalue weighted by Crippen LogP contribution is 2.86. The van der Waals surface area contributed by atoms with Gasteiger partial charge in [-0.25, -0.2) is 0 Å². The Bertz CT molecular complexity index is 1960. The minimum absolute atomic E-state index is 0.0209. The number of carbonyl (C=O) groups is 2. The molecule has 1 spiro atoms. The SMILES string of the molecule is COc1cc2c(c(OC)c1CNc1ccccc1)C(=O)c1c(O)cc3c(c1C2=O)N[C@@H]1C#C/C=C\C#CC2[C@H](C)[C@@]14C[C@]324. The van der Waals surface area contributed by atoms with Crippen LogP contribution in [0.25, 0.3) is 0 Å². The lowest BCUT2D eigenvalue weighted by atomic mass is 9.51. The molecule has 212 valence electrons. The number of phenols is 1. The molecule has 1 aliphatic heterocycles. The van der Waals surface area contributed by atoms with Crippen LogP contribution < -0.4 is 20.1 Å². The van der Waals surface area contributed by atoms with Crippen LogP contribution in [-0.4, -0.2) is 36.9 Å². The molecule has 1 heterocycles. The molecule has 7 nitrogen and oxygen atoms in total. The quantitative estimate of drug-likeness (QED) is 0.229. The second kappa shape index (κ2) is 8.69. The van der Waals surface area contributed by atoms with Gasteiger partial charge in [-0.1, -0.05) is 48.8 Å². The summed E-state index contributed by atoms with van der Waals surface area (Å²) in [4.78, 5) is 28.8. The van der Waals surface area contributed by atoms with Gasteiger partial charge in [0.25, 0.3) is 0 Å². The fraction of sp³-hybridized carbons (Fsp3) is 0.278. The number of aromatic hydroxyl groups is 1. The predicted molar refractivity (Wildman–Crippen MR) is 162 cm³/mol. The number of hydrogen-bond donors (Lipinski definition) is 3. The molecule has 5 aliphatic rings. The number of ether oxygens (including phenoxy) is 2. The fourth-order valence-corrected chi connectivity index (χ4v) is 8.48. The number of hydrogen-bond acceptors (Lipinski definition) is 7. The van der Waals surface area contributed by atoms with E-state index in [1.54, 1.807) is 24.3 Å². The maximum Gasteiger partial charge on any atom is 0.202 e. The number of carbonyl (C=O) groups excluding carboxylic acids is 2. The van der Waals surface area contributed by atoms with E-state index in [4.69, 9.17) is 9.47 Å². The smallest absolute Gasteiger partial charge is 0.202 e. The minimum Gasteiger partial charge on any atom is -0.507 e. The number of ketones is 2. The Labute approximate surface area is 249 Å². The molecule has 8 rings (SSSR count). The van der Waals surface area contributed by atoms with Crippen LogP contribution in [-0.2, 0) is 12.0 Å². The van der Waals surface area contributed by atoms with E-state index in [-0.39, 0.29) is 68.9 Å². The maximum absolute atomic E-state index is 14.5. The van der Waals surface area contributed by atoms with E-state index in [1.165, 1.54) is 14.2 Å². The monoisotopic (exact) mass is 568 g/mol. The van der Waals surface area contributed by atoms with Gasteiger partial charge in [-0.15, -0.1) is 0 Å². The van der Waals surface area contributed by atoms with Crippen molar-refractivity contribution in [2.45, 2.75) is 31.3 Å². The van der Waals surface area contributed by atoms with Gasteiger partial charge in [-0.3, -0.25) is 9.59 Å². The Morgan fingerprint density at radius 1 is 1.00 bits per heavy atom. The lowest BCUT2D eigenvalue weighted by Crippen LogP contribution is -2.57. The van der Waals surface area contributed by atoms with Crippen molar-refractivity contribution in [2.75, 3.05) is 24.9 Å². The van der Waals surface area contributed by atoms with Crippen molar-refractivity contribution in [2.24, 2.45) is 17.3 Å². The van der Waals surface area contributed by atoms with E-state index in [0.29, 0.717) is 22.9 Å². The van der Waals surface area contributed by atoms with E-state index >= 15 is 0 Å². The summed E-state index contributed by atoms with van der Waals surface area (Å²) in [5.41, 5.74) is 2.87. The summed E-state index contributed by atoms with van der Waals surface area (Å²) in [6.07, 6.45) is 4.38. The fourth-order valence-electron chi connectivity index (χ4n) is 8.48. The molecule has 1 unspecified atom stereocenters. The first-order valence-electron chi connectivity index (χ1n) is 14.4. The molecule has 0 aromatic heterocycles. The lowest BCUT2D eigenvalue weighted by molar-refractivity contribution is 0.0759. The van der Waals surface area contributed by atoms with Crippen LogP contribution in [0.5, 0.6) is 17.2 Å². The van der Waals surface area contributed by atoms with Crippen molar-refractivity contribution in [1.82, 2.24) is 0 Å². The van der Waals surface area contributed by atoms with Crippen LogP contribution in [0.4, 0.5) is 11.4 Å². The zero-order valence-electron chi connectivity index (χ0n) is 23.9. The second-order valence-corrected chi connectivity index (χ2v) is 11.9. The van der Waals surface area contributed by atoms with Crippen LogP contribution in [0.2, 0.25) is 0 Å². The zero-order chi connectivity index (χ0) is 29.7. The summed E-state index contributed by atoms with van der Waals surface area (Å²) in [7, 11) is 2.99. The number of methoxy groups -OCH3 is 2. The molecule has 3 N–H and O–H groups in total. The average Bonchev–Trinajstić information content (AvgIpc) is 3.69. The van der Waals surface area contributed by atoms with Gasteiger partial charge in [0.2, 0.25) is 5.78 Å². The van der Waals surface area contributed by atoms with Gasteiger partial charge >= 0.3 is 0 Å². The predicted octanol–water partition coefficient (Wildman–Crippen LogP) is 5.06. The Morgan fingerprint density at radius 2 is 1.77 bits per heavy atom. The molecule has 2 bridgehead atoms. The first-order chi connectivity index (χ1) is 20.9. The van der Waals surface area contributed by atoms with Crippen molar-refractivity contribution in [3.8, 4) is 40.9 Å². The summed E-state index contributed by atoms with van der Waals surface area (Å²) < 4.78 is 11.5. The van der Waals surface area contributed by atoms with Gasteiger partial charge in [-0.05, 0) is 54.3 Å². The van der Waals surface area contributed by atoms with E-state index in [0.717, 1.165) is 17.7 Å². The van der Waals surface area contributed by atoms with E-state index in [1.807, 2.05) is 30.3 Å². The van der Waals surface area contributed by atoms with E-state index in [9.17, 15) is 14.7 Å². The standard InChI is InChI=1S/C36H28N2O5/c1-19-23-13-9-4-5-10-14-27-35(19)18-36(23,35)24-16-25(39)29-30(31(24)38-27)32(40)21-15-26(42-2)22(34(43-3)28(21)33(29)41)17-37-20-11-7-6-8-12-20/h4-8,11-12,15-16,19,23,27,37-39H,17-18H2,1-3H3/b5-4-/t19-,23?,27+,35-,36+/m0/s1. The number of allylic oxidation sites excluding steroid dienone is 2. The van der Waals surface area contributed by atoms with Gasteiger partial charge in [0, 0.05) is 34.5 Å². The van der Waals surface area contributed by atoms with Crippen LogP contribution in [0, 0.1) is 40.9 Å². The summed E-state index contributed by atoms with van der Waals surface area (Å²) in [6.45, 7) is 2.50. The van der Waals surface area contributed by atoms with Crippen molar-refractivity contribution in [1.29, 1.82) is 0 Å². The highest BCUT2D eigenvalue weighted by Gasteiger charge is 2.87. The van der Waals surface area contributed by atoms with Gasteiger partial charge < -0.3 is 25.2 Å². The third kappa shape index (κ3) is 3.02. The minimum atomic E-state index is -0.470. The van der Waals surface area contributed by atoms with E-state index in [2.05, 4.69) is 41.2 Å². The van der Waals surface area contributed by atoms with Crippen LogP contribution >= 0.6 is 0 Å². The molecule has 43 heavy (non-hydrogen) atoms. The topological polar surface area (TPSA) is 96.9 Å². The molecule has 0 radical (unpaired) electrons. The highest BCUT2D eigenvalue weighted by molar-refractivity contribution is 6.32. The lowest BCUT2D eigenvalue weighted by Gasteiger charge is -2.54. The Morgan fingerprint density at radius 3 is 2.51 bits per heavy atom. The molecule has 0 amide bonds. The number of rotatable bonds is 5. The largest absolute Gasteiger partial charge is 0.507 e. The van der Waals surface area contributed by atoms with Crippen molar-refractivity contribution >= 4 is 22.9 Å². The highest BCUT2D eigenvalue weighted by atomic mass is 16.5. The van der Waals surface area contributed by atoms with Crippen LogP contribution in [0.1, 0.15) is 56.3 Å². The van der Waals surface area contributed by atoms with Gasteiger partial charge in [0.15, 0.2) is 5.78 Å². The molecular formula is C36H28N2O5. The van der Waals surface area contributed by atoms with Crippen molar-refractivity contribution < 1.29 is 24.2 Å². The summed E-state index contributed by atoms with van der Waals surface area (Å²) in [6, 6.07) is 12.7. The van der Waals surface area contributed by atoms with Gasteiger partial charge in [-0.2, -0.15) is 0 Å². The van der Waals surface area contributed by atoms with E-state index < -0.39 is 5.78 Å². The molecule has 5 atom stereocenters. The zero-order valence-corrected chi connectivity index (χ0v) is 23.9. The Balaban J connectivity index is 1.30.